The van der Waals surface area contributed by atoms with Crippen LogP contribution in [0.5, 0.6) is 5.75 Å². The average molecular weight is 286 g/mol. The van der Waals surface area contributed by atoms with Gasteiger partial charge >= 0.3 is 5.63 Å². The Labute approximate surface area is 122 Å². The van der Waals surface area contributed by atoms with E-state index in [2.05, 4.69) is 0 Å². The van der Waals surface area contributed by atoms with Crippen LogP contribution >= 0.6 is 0 Å². The molecule has 4 nitrogen and oxygen atoms in total. The number of Topliss-reactive ketones (excluding diaryl/α,β-unsaturated/α-hetero) is 1. The summed E-state index contributed by atoms with van der Waals surface area (Å²) in [6.45, 7) is 3.19. The van der Waals surface area contributed by atoms with E-state index in [9.17, 15) is 9.59 Å². The molecule has 0 bridgehead atoms. The van der Waals surface area contributed by atoms with Crippen molar-refractivity contribution in [3.63, 3.8) is 0 Å². The van der Waals surface area contributed by atoms with Crippen LogP contribution in [-0.2, 0) is 17.6 Å². The van der Waals surface area contributed by atoms with Crippen LogP contribution in [0.4, 0.5) is 0 Å². The molecule has 1 aliphatic carbocycles. The molecule has 110 valence electrons. The number of ether oxygens (including phenoxy) is 1. The molecule has 21 heavy (non-hydrogen) atoms. The molecular weight excluding hydrogens is 268 g/mol. The molecule has 0 amide bonds. The van der Waals surface area contributed by atoms with Crippen LogP contribution in [0.15, 0.2) is 27.4 Å². The molecule has 0 N–H and O–H groups in total. The third-order valence-corrected chi connectivity index (χ3v) is 4.08. The van der Waals surface area contributed by atoms with Crippen LogP contribution in [0.1, 0.15) is 37.8 Å². The van der Waals surface area contributed by atoms with Crippen molar-refractivity contribution in [3.8, 4) is 5.75 Å². The lowest BCUT2D eigenvalue weighted by molar-refractivity contribution is -0.122. The van der Waals surface area contributed by atoms with Gasteiger partial charge in [-0.1, -0.05) is 0 Å². The molecule has 4 heteroatoms. The second-order valence-corrected chi connectivity index (χ2v) is 5.58. The monoisotopic (exact) mass is 286 g/mol. The topological polar surface area (TPSA) is 56.5 Å². The van der Waals surface area contributed by atoms with E-state index in [0.717, 1.165) is 42.2 Å². The van der Waals surface area contributed by atoms with Gasteiger partial charge in [0.05, 0.1) is 0 Å². The van der Waals surface area contributed by atoms with Crippen LogP contribution in [0.25, 0.3) is 11.0 Å². The number of aryl methyl sites for hydroxylation is 1. The Morgan fingerprint density at radius 1 is 1.24 bits per heavy atom. The van der Waals surface area contributed by atoms with E-state index in [1.54, 1.807) is 13.0 Å². The summed E-state index contributed by atoms with van der Waals surface area (Å²) in [5.41, 5.74) is 2.22. The molecule has 0 radical (unpaired) electrons. The summed E-state index contributed by atoms with van der Waals surface area (Å²) in [6, 6.07) is 5.45. The van der Waals surface area contributed by atoms with Crippen LogP contribution < -0.4 is 10.4 Å². The zero-order valence-electron chi connectivity index (χ0n) is 12.3. The fourth-order valence-corrected chi connectivity index (χ4v) is 2.79. The Kier molecular flexibility index (Phi) is 3.53. The standard InChI is InChI=1S/C17H18O4/c1-10(18)11(2)20-12-7-8-14-13-5-3-4-6-15(13)17(19)21-16(14)9-12/h7-9,11H,3-6H2,1-2H3/t11-/m0/s1. The van der Waals surface area contributed by atoms with E-state index in [4.69, 9.17) is 9.15 Å². The summed E-state index contributed by atoms with van der Waals surface area (Å²) in [4.78, 5) is 23.3. The van der Waals surface area contributed by atoms with Crippen LogP contribution in [-0.4, -0.2) is 11.9 Å². The van der Waals surface area contributed by atoms with Crippen LogP contribution in [0.2, 0.25) is 0 Å². The Balaban J connectivity index is 2.07. The average Bonchev–Trinajstić information content (AvgIpc) is 2.47. The Bertz CT molecular complexity index is 757. The number of hydrogen-bond donors (Lipinski definition) is 0. The second-order valence-electron chi connectivity index (χ2n) is 5.58. The molecule has 0 fully saturated rings. The fourth-order valence-electron chi connectivity index (χ4n) is 2.79. The number of fused-ring (bicyclic) bond motifs is 3. The molecule has 1 aromatic heterocycles. The Morgan fingerprint density at radius 3 is 2.67 bits per heavy atom. The summed E-state index contributed by atoms with van der Waals surface area (Å²) < 4.78 is 11.0. The third-order valence-electron chi connectivity index (χ3n) is 4.08. The molecule has 0 saturated carbocycles. The lowest BCUT2D eigenvalue weighted by Gasteiger charge is -2.17. The van der Waals surface area contributed by atoms with Crippen molar-refractivity contribution in [2.45, 2.75) is 45.6 Å². The van der Waals surface area contributed by atoms with Gasteiger partial charge in [-0.3, -0.25) is 4.79 Å². The summed E-state index contributed by atoms with van der Waals surface area (Å²) in [6.07, 6.45) is 3.35. The van der Waals surface area contributed by atoms with Crippen molar-refractivity contribution in [1.29, 1.82) is 0 Å². The number of ketones is 1. The van der Waals surface area contributed by atoms with Crippen LogP contribution in [0, 0.1) is 0 Å². The lowest BCUT2D eigenvalue weighted by Crippen LogP contribution is -2.20. The minimum atomic E-state index is -0.508. The predicted molar refractivity (Wildman–Crippen MR) is 79.9 cm³/mol. The largest absolute Gasteiger partial charge is 0.483 e. The normalized spacial score (nSPS) is 15.5. The van der Waals surface area contributed by atoms with Gasteiger partial charge in [-0.25, -0.2) is 4.79 Å². The van der Waals surface area contributed by atoms with E-state index in [-0.39, 0.29) is 11.4 Å². The highest BCUT2D eigenvalue weighted by molar-refractivity contribution is 5.83. The van der Waals surface area contributed by atoms with Crippen molar-refractivity contribution in [2.75, 3.05) is 0 Å². The Morgan fingerprint density at radius 2 is 1.95 bits per heavy atom. The smallest absolute Gasteiger partial charge is 0.339 e. The molecule has 0 aliphatic heterocycles. The SMILES string of the molecule is CC(=O)[C@H](C)Oc1ccc2c3c(c(=O)oc2c1)CCCC3. The highest BCUT2D eigenvalue weighted by Gasteiger charge is 2.18. The van der Waals surface area contributed by atoms with E-state index >= 15 is 0 Å². The molecule has 1 aliphatic rings. The van der Waals surface area contributed by atoms with E-state index < -0.39 is 6.10 Å². The van der Waals surface area contributed by atoms with Gasteiger partial charge in [0.2, 0.25) is 0 Å². The molecule has 3 rings (SSSR count). The quantitative estimate of drug-likeness (QED) is 0.814. The van der Waals surface area contributed by atoms with Crippen molar-refractivity contribution in [2.24, 2.45) is 0 Å². The van der Waals surface area contributed by atoms with Gasteiger partial charge in [-0.2, -0.15) is 0 Å². The van der Waals surface area contributed by atoms with Gasteiger partial charge in [-0.15, -0.1) is 0 Å². The zero-order chi connectivity index (χ0) is 15.0. The predicted octanol–water partition coefficient (Wildman–Crippen LogP) is 3.03. The molecule has 0 unspecified atom stereocenters. The summed E-state index contributed by atoms with van der Waals surface area (Å²) in [7, 11) is 0. The maximum atomic E-state index is 12.1. The first-order valence-electron chi connectivity index (χ1n) is 7.32. The molecule has 0 spiro atoms. The number of carbonyl (C=O) groups is 1. The van der Waals surface area contributed by atoms with Gasteiger partial charge in [0, 0.05) is 17.0 Å². The highest BCUT2D eigenvalue weighted by Crippen LogP contribution is 2.29. The third kappa shape index (κ3) is 2.58. The van der Waals surface area contributed by atoms with E-state index in [1.165, 1.54) is 6.92 Å². The number of hydrogen-bond acceptors (Lipinski definition) is 4. The number of benzene rings is 1. The van der Waals surface area contributed by atoms with Gasteiger partial charge in [-0.05, 0) is 57.2 Å². The van der Waals surface area contributed by atoms with E-state index in [1.807, 2.05) is 12.1 Å². The van der Waals surface area contributed by atoms with Gasteiger partial charge < -0.3 is 9.15 Å². The molecule has 1 atom stereocenters. The molecule has 1 aromatic carbocycles. The lowest BCUT2D eigenvalue weighted by atomic mass is 9.91. The zero-order valence-corrected chi connectivity index (χ0v) is 12.3. The summed E-state index contributed by atoms with van der Waals surface area (Å²) >= 11 is 0. The maximum absolute atomic E-state index is 12.1. The van der Waals surface area contributed by atoms with Crippen molar-refractivity contribution in [1.82, 2.24) is 0 Å². The van der Waals surface area contributed by atoms with Gasteiger partial charge in [0.15, 0.2) is 11.9 Å². The van der Waals surface area contributed by atoms with Crippen molar-refractivity contribution < 1.29 is 13.9 Å². The number of rotatable bonds is 3. The van der Waals surface area contributed by atoms with Gasteiger partial charge in [0.1, 0.15) is 11.3 Å². The van der Waals surface area contributed by atoms with Crippen molar-refractivity contribution >= 4 is 16.8 Å². The second kappa shape index (κ2) is 5.35. The first-order valence-corrected chi connectivity index (χ1v) is 7.32. The summed E-state index contributed by atoms with van der Waals surface area (Å²) in [5, 5.41) is 0.979. The van der Waals surface area contributed by atoms with Crippen molar-refractivity contribution in [3.05, 3.63) is 39.7 Å². The first-order chi connectivity index (χ1) is 10.1. The molecular formula is C17H18O4. The number of carbonyl (C=O) groups excluding carboxylic acids is 1. The first kappa shape index (κ1) is 13.9. The molecule has 1 heterocycles. The summed E-state index contributed by atoms with van der Waals surface area (Å²) in [5.74, 6) is 0.506. The fraction of sp³-hybridized carbons (Fsp3) is 0.412. The minimum Gasteiger partial charge on any atom is -0.483 e. The van der Waals surface area contributed by atoms with Crippen LogP contribution in [0.3, 0.4) is 0 Å². The molecule has 0 saturated heterocycles. The minimum absolute atomic E-state index is 0.0398. The maximum Gasteiger partial charge on any atom is 0.339 e. The van der Waals surface area contributed by atoms with E-state index in [0.29, 0.717) is 11.3 Å². The molecule has 2 aromatic rings. The Hall–Kier alpha value is -2.10. The van der Waals surface area contributed by atoms with Gasteiger partial charge in [0.25, 0.3) is 0 Å². The highest BCUT2D eigenvalue weighted by atomic mass is 16.5.